The lowest BCUT2D eigenvalue weighted by Gasteiger charge is -2.26. The molecule has 83 heavy (non-hydrogen) atoms. The van der Waals surface area contributed by atoms with Crippen molar-refractivity contribution in [2.75, 3.05) is 47.5 Å². The maximum atomic E-state index is 12.9. The van der Waals surface area contributed by atoms with E-state index >= 15 is 0 Å². The minimum Gasteiger partial charge on any atom is -0.545 e. The van der Waals surface area contributed by atoms with Crippen LogP contribution in [0.15, 0.2) is 60.8 Å². The number of allylic oxidation sites excluding steroid dienone is 10. The van der Waals surface area contributed by atoms with Crippen molar-refractivity contribution in [1.29, 1.82) is 0 Å². The molecule has 0 fully saturated rings. The highest BCUT2D eigenvalue weighted by atomic mass is 16.7. The molecule has 0 spiro atoms. The number of ether oxygens (including phenoxy) is 4. The Morgan fingerprint density at radius 1 is 0.373 bits per heavy atom. The Morgan fingerprint density at radius 3 is 1.04 bits per heavy atom. The quantitative estimate of drug-likeness (QED) is 0.0195. The standard InChI is InChI=1S/C74H135NO8/c1-6-8-10-12-14-16-18-20-22-24-25-26-27-28-29-30-31-32-33-34-35-36-37-38-39-40-41-42-43-44-45-46-47-49-51-53-55-57-59-61-63-65-72(77)83-70(69-82-74(73(78)79)80-67-66-75(3,4)5)68-81-71(76)64-62-60-58-56-54-52-50-48-23-21-19-17-15-13-11-9-7-2/h8,10,14,16,20-23,25-26,70,74H,6-7,9,11-13,15,17-19,24,27-69H2,1-5H3/b10-8-,16-14-,22-20-,23-21-,26-25-. The van der Waals surface area contributed by atoms with E-state index in [2.05, 4.69) is 74.6 Å². The van der Waals surface area contributed by atoms with Crippen molar-refractivity contribution in [2.45, 2.75) is 347 Å². The van der Waals surface area contributed by atoms with Gasteiger partial charge in [0.1, 0.15) is 13.2 Å². The number of aliphatic carboxylic acids is 1. The third kappa shape index (κ3) is 66.4. The van der Waals surface area contributed by atoms with Gasteiger partial charge >= 0.3 is 11.9 Å². The number of hydrogen-bond donors (Lipinski definition) is 0. The average Bonchev–Trinajstić information content (AvgIpc) is 3.46. The molecule has 0 aromatic heterocycles. The molecule has 0 amide bonds. The number of quaternary nitrogens is 1. The summed E-state index contributed by atoms with van der Waals surface area (Å²) in [7, 11) is 5.94. The van der Waals surface area contributed by atoms with E-state index in [0.717, 1.165) is 57.8 Å². The molecule has 9 nitrogen and oxygen atoms in total. The molecule has 0 aliphatic heterocycles. The van der Waals surface area contributed by atoms with Gasteiger partial charge in [0, 0.05) is 12.8 Å². The summed E-state index contributed by atoms with van der Waals surface area (Å²) in [5.41, 5.74) is 0. The molecule has 0 N–H and O–H groups in total. The van der Waals surface area contributed by atoms with Crippen molar-refractivity contribution in [1.82, 2.24) is 0 Å². The Balaban J connectivity index is 3.93. The molecule has 0 aromatic rings. The second kappa shape index (κ2) is 65.0. The van der Waals surface area contributed by atoms with Crippen molar-refractivity contribution < 1.29 is 42.9 Å². The topological polar surface area (TPSA) is 111 Å². The molecule has 0 rings (SSSR count). The van der Waals surface area contributed by atoms with Crippen molar-refractivity contribution in [3.8, 4) is 0 Å². The Labute approximate surface area is 514 Å². The summed E-state index contributed by atoms with van der Waals surface area (Å²) >= 11 is 0. The number of unbranched alkanes of at least 4 members (excludes halogenated alkanes) is 41. The van der Waals surface area contributed by atoms with E-state index in [-0.39, 0.29) is 32.2 Å². The van der Waals surface area contributed by atoms with E-state index in [1.54, 1.807) is 0 Å². The third-order valence-electron chi connectivity index (χ3n) is 15.7. The molecular formula is C74H135NO8. The van der Waals surface area contributed by atoms with Gasteiger partial charge in [0.2, 0.25) is 0 Å². The van der Waals surface area contributed by atoms with Gasteiger partial charge < -0.3 is 33.3 Å². The van der Waals surface area contributed by atoms with Gasteiger partial charge in [-0.05, 0) is 77.0 Å². The lowest BCUT2D eigenvalue weighted by atomic mass is 10.0. The zero-order valence-corrected chi connectivity index (χ0v) is 55.3. The molecule has 484 valence electrons. The first-order valence-electron chi connectivity index (χ1n) is 35.4. The summed E-state index contributed by atoms with van der Waals surface area (Å²) < 4.78 is 22.8. The van der Waals surface area contributed by atoms with Crippen LogP contribution in [0.4, 0.5) is 0 Å². The first-order chi connectivity index (χ1) is 40.6. The van der Waals surface area contributed by atoms with Crippen LogP contribution in [0.3, 0.4) is 0 Å². The maximum absolute atomic E-state index is 12.9. The first-order valence-corrected chi connectivity index (χ1v) is 35.4. The third-order valence-corrected chi connectivity index (χ3v) is 15.7. The van der Waals surface area contributed by atoms with Crippen LogP contribution in [0.2, 0.25) is 0 Å². The zero-order chi connectivity index (χ0) is 60.5. The summed E-state index contributed by atoms with van der Waals surface area (Å²) in [6.45, 7) is 4.67. The van der Waals surface area contributed by atoms with E-state index < -0.39 is 24.3 Å². The monoisotopic (exact) mass is 1170 g/mol. The Hall–Kier alpha value is -3.01. The van der Waals surface area contributed by atoms with E-state index in [1.165, 1.54) is 244 Å². The van der Waals surface area contributed by atoms with Crippen molar-refractivity contribution in [2.24, 2.45) is 0 Å². The summed E-state index contributed by atoms with van der Waals surface area (Å²) in [6.07, 6.45) is 81.9. The van der Waals surface area contributed by atoms with Gasteiger partial charge in [-0.15, -0.1) is 0 Å². The largest absolute Gasteiger partial charge is 0.545 e. The summed E-state index contributed by atoms with van der Waals surface area (Å²) in [5, 5.41) is 11.8. The van der Waals surface area contributed by atoms with Gasteiger partial charge in [-0.3, -0.25) is 9.59 Å². The minimum absolute atomic E-state index is 0.149. The number of rotatable bonds is 66. The first kappa shape index (κ1) is 80.0. The van der Waals surface area contributed by atoms with Gasteiger partial charge in [-0.1, -0.05) is 306 Å². The van der Waals surface area contributed by atoms with Crippen LogP contribution in [0.5, 0.6) is 0 Å². The van der Waals surface area contributed by atoms with Crippen LogP contribution < -0.4 is 5.11 Å². The second-order valence-corrected chi connectivity index (χ2v) is 25.1. The predicted molar refractivity (Wildman–Crippen MR) is 352 cm³/mol. The average molecular weight is 1170 g/mol. The molecule has 0 aliphatic carbocycles. The van der Waals surface area contributed by atoms with Crippen LogP contribution in [0, 0.1) is 0 Å². The molecular weight excluding hydrogens is 1030 g/mol. The lowest BCUT2D eigenvalue weighted by Crippen LogP contribution is -2.44. The van der Waals surface area contributed by atoms with Crippen LogP contribution in [-0.4, -0.2) is 82.3 Å². The number of carbonyl (C=O) groups is 3. The summed E-state index contributed by atoms with van der Waals surface area (Å²) in [6, 6.07) is 0. The van der Waals surface area contributed by atoms with Crippen molar-refractivity contribution in [3.05, 3.63) is 60.8 Å². The van der Waals surface area contributed by atoms with Crippen LogP contribution in [0.25, 0.3) is 0 Å². The minimum atomic E-state index is -1.62. The molecule has 0 aromatic carbocycles. The van der Waals surface area contributed by atoms with Crippen LogP contribution in [-0.2, 0) is 33.3 Å². The van der Waals surface area contributed by atoms with Crippen molar-refractivity contribution >= 4 is 17.9 Å². The van der Waals surface area contributed by atoms with E-state index in [1.807, 2.05) is 21.1 Å². The molecule has 0 heterocycles. The van der Waals surface area contributed by atoms with Crippen molar-refractivity contribution in [3.63, 3.8) is 0 Å². The van der Waals surface area contributed by atoms with Gasteiger partial charge in [0.25, 0.3) is 0 Å². The highest BCUT2D eigenvalue weighted by Crippen LogP contribution is 2.18. The molecule has 2 unspecified atom stereocenters. The molecule has 0 bridgehead atoms. The highest BCUT2D eigenvalue weighted by Gasteiger charge is 2.22. The van der Waals surface area contributed by atoms with E-state index in [9.17, 15) is 19.5 Å². The molecule has 0 radical (unpaired) electrons. The van der Waals surface area contributed by atoms with Gasteiger partial charge in [0.05, 0.1) is 40.3 Å². The number of hydrogen-bond acceptors (Lipinski definition) is 8. The number of carboxylic acids is 1. The van der Waals surface area contributed by atoms with E-state index in [0.29, 0.717) is 23.9 Å². The Morgan fingerprint density at radius 2 is 0.687 bits per heavy atom. The molecule has 0 saturated heterocycles. The predicted octanol–water partition coefficient (Wildman–Crippen LogP) is 20.6. The summed E-state index contributed by atoms with van der Waals surface area (Å²) in [5.74, 6) is -2.27. The fourth-order valence-corrected chi connectivity index (χ4v) is 10.4. The highest BCUT2D eigenvalue weighted by molar-refractivity contribution is 5.70. The smallest absolute Gasteiger partial charge is 0.306 e. The lowest BCUT2D eigenvalue weighted by molar-refractivity contribution is -0.870. The SMILES string of the molecule is CC/C=C\C/C=C\C/C=C\C/C=C\CCCCCCCCCCCCCCCCCCCCCCCCCCCCCCC(=O)OC(COC(=O)CCCCCCCCC/C=C\CCCCCCCC)COC(OCC[N+](C)(C)C)C(=O)[O-]. The second-order valence-electron chi connectivity index (χ2n) is 25.1. The maximum Gasteiger partial charge on any atom is 0.306 e. The van der Waals surface area contributed by atoms with Gasteiger partial charge in [-0.2, -0.15) is 0 Å². The van der Waals surface area contributed by atoms with Crippen LogP contribution >= 0.6 is 0 Å². The number of carbonyl (C=O) groups excluding carboxylic acids is 3. The van der Waals surface area contributed by atoms with Gasteiger partial charge in [0.15, 0.2) is 12.4 Å². The number of likely N-dealkylation sites (N-methyl/N-ethyl adjacent to an activating group) is 1. The molecule has 0 saturated carbocycles. The number of nitrogens with zero attached hydrogens (tertiary/aromatic N) is 1. The Bertz CT molecular complexity index is 1550. The molecule has 9 heteroatoms. The van der Waals surface area contributed by atoms with E-state index in [4.69, 9.17) is 18.9 Å². The van der Waals surface area contributed by atoms with Crippen LogP contribution in [0.1, 0.15) is 335 Å². The molecule has 2 atom stereocenters. The number of carboxylic acid groups (broad SMARTS) is 1. The Kier molecular flexibility index (Phi) is 62.6. The van der Waals surface area contributed by atoms with Gasteiger partial charge in [-0.25, -0.2) is 0 Å². The molecule has 0 aliphatic rings. The fraction of sp³-hybridized carbons (Fsp3) is 0.824. The summed E-state index contributed by atoms with van der Waals surface area (Å²) in [4.78, 5) is 37.4. The zero-order valence-electron chi connectivity index (χ0n) is 55.3. The number of esters is 2. The normalized spacial score (nSPS) is 13.0. The fourth-order valence-electron chi connectivity index (χ4n) is 10.4.